The van der Waals surface area contributed by atoms with Gasteiger partial charge in [-0.15, -0.1) is 12.4 Å². The lowest BCUT2D eigenvalue weighted by Crippen LogP contribution is -2.33. The number of nitrogens with one attached hydrogen (secondary N) is 2. The van der Waals surface area contributed by atoms with Crippen molar-refractivity contribution >= 4 is 22.4 Å². The van der Waals surface area contributed by atoms with E-state index < -0.39 is 10.0 Å². The molecule has 0 aliphatic carbocycles. The molecular weight excluding hydrogens is 320 g/mol. The molecule has 4 nitrogen and oxygen atoms in total. The lowest BCUT2D eigenvalue weighted by Gasteiger charge is -2.08. The molecule has 128 valence electrons. The molecule has 0 fully saturated rings. The number of rotatable bonds is 12. The Morgan fingerprint density at radius 3 is 2.27 bits per heavy atom. The lowest BCUT2D eigenvalue weighted by molar-refractivity contribution is 0.564. The van der Waals surface area contributed by atoms with Gasteiger partial charge in [-0.1, -0.05) is 62.9 Å². The minimum absolute atomic E-state index is 0. The number of sulfonamides is 1. The van der Waals surface area contributed by atoms with Crippen LogP contribution < -0.4 is 10.0 Å². The average Bonchev–Trinajstić information content (AvgIpc) is 2.46. The van der Waals surface area contributed by atoms with Crippen molar-refractivity contribution in [3.05, 3.63) is 35.9 Å². The standard InChI is InChI=1S/C16H28N2O2S.ClH/c1-2-3-4-5-9-12-17-13-14-18-21(19,20)15-16-10-7-6-8-11-16;/h6-8,10-11,17-18H,2-5,9,12-15H2,1H3;1H. The largest absolute Gasteiger partial charge is 0.315 e. The summed E-state index contributed by atoms with van der Waals surface area (Å²) in [4.78, 5) is 0. The highest BCUT2D eigenvalue weighted by molar-refractivity contribution is 7.88. The number of hydrogen-bond acceptors (Lipinski definition) is 3. The Hall–Kier alpha value is -0.620. The lowest BCUT2D eigenvalue weighted by atomic mass is 10.1. The average molecular weight is 349 g/mol. The summed E-state index contributed by atoms with van der Waals surface area (Å²) < 4.78 is 26.4. The highest BCUT2D eigenvalue weighted by Crippen LogP contribution is 2.03. The van der Waals surface area contributed by atoms with Gasteiger partial charge in [0.15, 0.2) is 0 Å². The van der Waals surface area contributed by atoms with Crippen molar-refractivity contribution in [2.75, 3.05) is 19.6 Å². The van der Waals surface area contributed by atoms with Crippen molar-refractivity contribution in [3.63, 3.8) is 0 Å². The number of hydrogen-bond donors (Lipinski definition) is 2. The quantitative estimate of drug-likeness (QED) is 0.571. The molecule has 0 heterocycles. The third-order valence-corrected chi connectivity index (χ3v) is 4.64. The molecule has 1 rings (SSSR count). The molecule has 22 heavy (non-hydrogen) atoms. The van der Waals surface area contributed by atoms with Gasteiger partial charge in [0.25, 0.3) is 0 Å². The van der Waals surface area contributed by atoms with Gasteiger partial charge in [-0.2, -0.15) is 0 Å². The Labute approximate surface area is 141 Å². The zero-order valence-corrected chi connectivity index (χ0v) is 15.0. The van der Waals surface area contributed by atoms with E-state index in [2.05, 4.69) is 17.0 Å². The molecule has 0 unspecified atom stereocenters. The molecule has 0 bridgehead atoms. The first-order valence-electron chi connectivity index (χ1n) is 7.86. The Kier molecular flexibility index (Phi) is 12.5. The number of unbranched alkanes of at least 4 members (excludes halogenated alkanes) is 4. The summed E-state index contributed by atoms with van der Waals surface area (Å²) in [5, 5.41) is 3.27. The monoisotopic (exact) mass is 348 g/mol. The molecule has 0 aliphatic rings. The zero-order valence-electron chi connectivity index (χ0n) is 13.4. The molecule has 0 saturated heterocycles. The summed E-state index contributed by atoms with van der Waals surface area (Å²) in [6.45, 7) is 4.30. The van der Waals surface area contributed by atoms with Gasteiger partial charge in [-0.3, -0.25) is 0 Å². The fourth-order valence-electron chi connectivity index (χ4n) is 2.12. The van der Waals surface area contributed by atoms with Crippen LogP contribution in [-0.4, -0.2) is 28.1 Å². The van der Waals surface area contributed by atoms with E-state index >= 15 is 0 Å². The van der Waals surface area contributed by atoms with Crippen LogP contribution in [0.2, 0.25) is 0 Å². The molecule has 0 aromatic heterocycles. The van der Waals surface area contributed by atoms with Gasteiger partial charge < -0.3 is 5.32 Å². The zero-order chi connectivity index (χ0) is 15.4. The van der Waals surface area contributed by atoms with E-state index in [1.165, 1.54) is 25.7 Å². The maximum absolute atomic E-state index is 11.9. The van der Waals surface area contributed by atoms with Crippen molar-refractivity contribution < 1.29 is 8.42 Å². The van der Waals surface area contributed by atoms with Crippen molar-refractivity contribution in [2.24, 2.45) is 0 Å². The molecule has 0 saturated carbocycles. The second-order valence-corrected chi connectivity index (χ2v) is 7.11. The van der Waals surface area contributed by atoms with Gasteiger partial charge in [-0.05, 0) is 18.5 Å². The first-order valence-corrected chi connectivity index (χ1v) is 9.51. The number of halogens is 1. The van der Waals surface area contributed by atoms with Gasteiger partial charge in [0.2, 0.25) is 10.0 Å². The fraction of sp³-hybridized carbons (Fsp3) is 0.625. The summed E-state index contributed by atoms with van der Waals surface area (Å²) in [6.07, 6.45) is 6.27. The normalized spacial score (nSPS) is 11.1. The summed E-state index contributed by atoms with van der Waals surface area (Å²) in [5.74, 6) is 0.0465. The minimum Gasteiger partial charge on any atom is -0.315 e. The van der Waals surface area contributed by atoms with Crippen LogP contribution in [0.4, 0.5) is 0 Å². The van der Waals surface area contributed by atoms with Crippen LogP contribution in [0.15, 0.2) is 30.3 Å². The van der Waals surface area contributed by atoms with Crippen molar-refractivity contribution in [3.8, 4) is 0 Å². The molecule has 0 radical (unpaired) electrons. The predicted octanol–water partition coefficient (Wildman–Crippen LogP) is 3.09. The Bertz CT molecular complexity index is 466. The van der Waals surface area contributed by atoms with Crippen molar-refractivity contribution in [1.29, 1.82) is 0 Å². The Balaban J connectivity index is 0.00000441. The van der Waals surface area contributed by atoms with E-state index in [-0.39, 0.29) is 18.2 Å². The van der Waals surface area contributed by atoms with Crippen LogP contribution in [0.25, 0.3) is 0 Å². The Morgan fingerprint density at radius 2 is 1.59 bits per heavy atom. The molecule has 0 amide bonds. The number of benzene rings is 1. The third-order valence-electron chi connectivity index (χ3n) is 3.28. The van der Waals surface area contributed by atoms with Crippen LogP contribution in [0, 0.1) is 0 Å². The molecule has 0 aliphatic heterocycles. The van der Waals surface area contributed by atoms with E-state index in [0.29, 0.717) is 13.1 Å². The first-order chi connectivity index (χ1) is 10.1. The summed E-state index contributed by atoms with van der Waals surface area (Å²) >= 11 is 0. The maximum Gasteiger partial charge on any atom is 0.215 e. The van der Waals surface area contributed by atoms with Gasteiger partial charge in [-0.25, -0.2) is 13.1 Å². The van der Waals surface area contributed by atoms with E-state index in [9.17, 15) is 8.42 Å². The van der Waals surface area contributed by atoms with Crippen LogP contribution >= 0.6 is 12.4 Å². The van der Waals surface area contributed by atoms with Crippen molar-refractivity contribution in [2.45, 2.75) is 44.8 Å². The third kappa shape index (κ3) is 11.0. The smallest absolute Gasteiger partial charge is 0.215 e. The van der Waals surface area contributed by atoms with E-state index in [0.717, 1.165) is 18.5 Å². The Morgan fingerprint density at radius 1 is 0.909 bits per heavy atom. The second kappa shape index (κ2) is 12.9. The van der Waals surface area contributed by atoms with E-state index in [1.807, 2.05) is 30.3 Å². The van der Waals surface area contributed by atoms with Crippen molar-refractivity contribution in [1.82, 2.24) is 10.0 Å². The molecular formula is C16H29ClN2O2S. The molecule has 0 spiro atoms. The van der Waals surface area contributed by atoms with E-state index in [1.54, 1.807) is 0 Å². The molecule has 2 N–H and O–H groups in total. The maximum atomic E-state index is 11.9. The second-order valence-electron chi connectivity index (χ2n) is 5.30. The SMILES string of the molecule is CCCCCCCNCCNS(=O)(=O)Cc1ccccc1.Cl. The van der Waals surface area contributed by atoms with Crippen LogP contribution in [0.3, 0.4) is 0 Å². The van der Waals surface area contributed by atoms with E-state index in [4.69, 9.17) is 0 Å². The summed E-state index contributed by atoms with van der Waals surface area (Å²) in [6, 6.07) is 9.24. The molecule has 1 aromatic carbocycles. The highest BCUT2D eigenvalue weighted by atomic mass is 35.5. The molecule has 6 heteroatoms. The molecule has 0 atom stereocenters. The highest BCUT2D eigenvalue weighted by Gasteiger charge is 2.09. The predicted molar refractivity (Wildman–Crippen MR) is 95.9 cm³/mol. The summed E-state index contributed by atoms with van der Waals surface area (Å²) in [7, 11) is -3.23. The first kappa shape index (κ1) is 21.4. The van der Waals surface area contributed by atoms with Gasteiger partial charge in [0.1, 0.15) is 0 Å². The van der Waals surface area contributed by atoms with Crippen LogP contribution in [0.5, 0.6) is 0 Å². The van der Waals surface area contributed by atoms with Gasteiger partial charge >= 0.3 is 0 Å². The van der Waals surface area contributed by atoms with Crippen LogP contribution in [0.1, 0.15) is 44.6 Å². The van der Waals surface area contributed by atoms with Crippen LogP contribution in [-0.2, 0) is 15.8 Å². The minimum atomic E-state index is -3.23. The summed E-state index contributed by atoms with van der Waals surface area (Å²) in [5.41, 5.74) is 0.814. The topological polar surface area (TPSA) is 58.2 Å². The fourth-order valence-corrected chi connectivity index (χ4v) is 3.26. The molecule has 1 aromatic rings. The van der Waals surface area contributed by atoms with Gasteiger partial charge in [0, 0.05) is 13.1 Å². The van der Waals surface area contributed by atoms with Gasteiger partial charge in [0.05, 0.1) is 5.75 Å².